The summed E-state index contributed by atoms with van der Waals surface area (Å²) in [6, 6.07) is 0. The van der Waals surface area contributed by atoms with Crippen molar-refractivity contribution in [2.24, 2.45) is 17.8 Å². The maximum Gasteiger partial charge on any atom is 0.0644 e. The van der Waals surface area contributed by atoms with Crippen LogP contribution < -0.4 is 0 Å². The molecule has 0 amide bonds. The smallest absolute Gasteiger partial charge is 0.0644 e. The molecule has 2 nitrogen and oxygen atoms in total. The minimum atomic E-state index is 0.320. The summed E-state index contributed by atoms with van der Waals surface area (Å²) in [6.45, 7) is 9.87. The van der Waals surface area contributed by atoms with Crippen molar-refractivity contribution in [2.75, 3.05) is 20.8 Å². The van der Waals surface area contributed by atoms with Gasteiger partial charge in [-0.2, -0.15) is 0 Å². The SMILES string of the molecule is CCCCC(CC)CC(COC)C(OC)C(C)C. The van der Waals surface area contributed by atoms with Crippen molar-refractivity contribution >= 4 is 0 Å². The summed E-state index contributed by atoms with van der Waals surface area (Å²) in [5, 5.41) is 0. The Morgan fingerprint density at radius 3 is 2.11 bits per heavy atom. The zero-order valence-corrected chi connectivity index (χ0v) is 13.4. The van der Waals surface area contributed by atoms with Gasteiger partial charge in [-0.1, -0.05) is 53.4 Å². The molecule has 0 bridgehead atoms. The van der Waals surface area contributed by atoms with E-state index in [2.05, 4.69) is 27.7 Å². The highest BCUT2D eigenvalue weighted by molar-refractivity contribution is 4.76. The van der Waals surface area contributed by atoms with Crippen LogP contribution in [0.4, 0.5) is 0 Å². The van der Waals surface area contributed by atoms with E-state index in [-0.39, 0.29) is 0 Å². The average molecular weight is 258 g/mol. The maximum absolute atomic E-state index is 5.70. The summed E-state index contributed by atoms with van der Waals surface area (Å²) >= 11 is 0. The van der Waals surface area contributed by atoms with Crippen LogP contribution in [0, 0.1) is 17.8 Å². The predicted octanol–water partition coefficient (Wildman–Crippen LogP) is 4.53. The van der Waals surface area contributed by atoms with Gasteiger partial charge in [-0.15, -0.1) is 0 Å². The number of ether oxygens (including phenoxy) is 2. The zero-order chi connectivity index (χ0) is 14.0. The number of hydrogen-bond donors (Lipinski definition) is 0. The van der Waals surface area contributed by atoms with Gasteiger partial charge in [0.2, 0.25) is 0 Å². The molecule has 110 valence electrons. The molecule has 2 heteroatoms. The Balaban J connectivity index is 4.46. The number of methoxy groups -OCH3 is 2. The molecule has 0 aliphatic rings. The lowest BCUT2D eigenvalue weighted by atomic mass is 9.83. The quantitative estimate of drug-likeness (QED) is 0.542. The summed E-state index contributed by atoms with van der Waals surface area (Å²) in [4.78, 5) is 0. The van der Waals surface area contributed by atoms with Crippen LogP contribution in [0.2, 0.25) is 0 Å². The molecule has 18 heavy (non-hydrogen) atoms. The Labute approximate surface area is 114 Å². The van der Waals surface area contributed by atoms with Gasteiger partial charge in [-0.3, -0.25) is 0 Å². The Morgan fingerprint density at radius 2 is 1.72 bits per heavy atom. The molecule has 0 fully saturated rings. The highest BCUT2D eigenvalue weighted by Crippen LogP contribution is 2.27. The topological polar surface area (TPSA) is 18.5 Å². The van der Waals surface area contributed by atoms with Gasteiger partial charge in [0, 0.05) is 20.1 Å². The molecule has 0 spiro atoms. The first-order valence-electron chi connectivity index (χ1n) is 7.62. The third-order valence-electron chi connectivity index (χ3n) is 3.95. The molecule has 0 aromatic carbocycles. The van der Waals surface area contributed by atoms with Crippen LogP contribution in [0.1, 0.15) is 59.8 Å². The first kappa shape index (κ1) is 17.9. The number of rotatable bonds is 11. The van der Waals surface area contributed by atoms with Gasteiger partial charge in [0.1, 0.15) is 0 Å². The third-order valence-corrected chi connectivity index (χ3v) is 3.95. The van der Waals surface area contributed by atoms with Crippen molar-refractivity contribution in [1.82, 2.24) is 0 Å². The lowest BCUT2D eigenvalue weighted by molar-refractivity contribution is -0.0224. The van der Waals surface area contributed by atoms with E-state index >= 15 is 0 Å². The fourth-order valence-corrected chi connectivity index (χ4v) is 2.93. The van der Waals surface area contributed by atoms with E-state index in [1.54, 1.807) is 7.11 Å². The summed E-state index contributed by atoms with van der Waals surface area (Å²) in [5.41, 5.74) is 0. The van der Waals surface area contributed by atoms with Gasteiger partial charge in [-0.05, 0) is 18.3 Å². The second-order valence-electron chi connectivity index (χ2n) is 5.81. The van der Waals surface area contributed by atoms with Gasteiger partial charge < -0.3 is 9.47 Å². The Kier molecular flexibility index (Phi) is 10.8. The lowest BCUT2D eigenvalue weighted by Gasteiger charge is -2.31. The highest BCUT2D eigenvalue weighted by Gasteiger charge is 2.26. The Bertz CT molecular complexity index is 180. The van der Waals surface area contributed by atoms with Crippen molar-refractivity contribution in [1.29, 1.82) is 0 Å². The Morgan fingerprint density at radius 1 is 1.06 bits per heavy atom. The zero-order valence-electron chi connectivity index (χ0n) is 13.4. The van der Waals surface area contributed by atoms with Crippen molar-refractivity contribution in [2.45, 2.75) is 65.9 Å². The van der Waals surface area contributed by atoms with Crippen LogP contribution in [0.3, 0.4) is 0 Å². The monoisotopic (exact) mass is 258 g/mol. The van der Waals surface area contributed by atoms with E-state index in [4.69, 9.17) is 9.47 Å². The molecule has 0 aliphatic carbocycles. The van der Waals surface area contributed by atoms with E-state index in [0.717, 1.165) is 12.5 Å². The largest absolute Gasteiger partial charge is 0.384 e. The molecular weight excluding hydrogens is 224 g/mol. The molecule has 3 atom stereocenters. The van der Waals surface area contributed by atoms with Crippen LogP contribution in [-0.4, -0.2) is 26.9 Å². The fraction of sp³-hybridized carbons (Fsp3) is 1.00. The van der Waals surface area contributed by atoms with Crippen LogP contribution in [-0.2, 0) is 9.47 Å². The standard InChI is InChI=1S/C16H34O2/c1-7-9-10-14(8-2)11-15(12-17-5)16(18-6)13(3)4/h13-16H,7-12H2,1-6H3. The number of unbranched alkanes of at least 4 members (excludes halogenated alkanes) is 1. The molecule has 0 aromatic heterocycles. The molecule has 0 radical (unpaired) electrons. The predicted molar refractivity (Wildman–Crippen MR) is 78.9 cm³/mol. The molecule has 0 N–H and O–H groups in total. The van der Waals surface area contributed by atoms with Crippen molar-refractivity contribution < 1.29 is 9.47 Å². The second-order valence-corrected chi connectivity index (χ2v) is 5.81. The second kappa shape index (κ2) is 10.8. The normalized spacial score (nSPS) is 16.8. The van der Waals surface area contributed by atoms with Crippen LogP contribution in [0.5, 0.6) is 0 Å². The molecule has 0 saturated heterocycles. The van der Waals surface area contributed by atoms with E-state index in [1.807, 2.05) is 7.11 Å². The Hall–Kier alpha value is -0.0800. The molecular formula is C16H34O2. The summed E-state index contributed by atoms with van der Waals surface area (Å²) in [7, 11) is 3.63. The van der Waals surface area contributed by atoms with Gasteiger partial charge in [0.05, 0.1) is 12.7 Å². The van der Waals surface area contributed by atoms with Crippen molar-refractivity contribution in [3.05, 3.63) is 0 Å². The molecule has 0 heterocycles. The summed E-state index contributed by atoms with van der Waals surface area (Å²) in [6.07, 6.45) is 6.82. The minimum Gasteiger partial charge on any atom is -0.384 e. The lowest BCUT2D eigenvalue weighted by Crippen LogP contribution is -2.33. The van der Waals surface area contributed by atoms with Gasteiger partial charge >= 0.3 is 0 Å². The molecule has 0 aliphatic heterocycles. The number of hydrogen-bond acceptors (Lipinski definition) is 2. The van der Waals surface area contributed by atoms with Crippen LogP contribution >= 0.6 is 0 Å². The van der Waals surface area contributed by atoms with Crippen LogP contribution in [0.25, 0.3) is 0 Å². The fourth-order valence-electron chi connectivity index (χ4n) is 2.93. The van der Waals surface area contributed by atoms with Gasteiger partial charge in [0.15, 0.2) is 0 Å². The van der Waals surface area contributed by atoms with E-state index in [1.165, 1.54) is 32.1 Å². The van der Waals surface area contributed by atoms with E-state index in [9.17, 15) is 0 Å². The van der Waals surface area contributed by atoms with E-state index in [0.29, 0.717) is 17.9 Å². The van der Waals surface area contributed by atoms with E-state index < -0.39 is 0 Å². The molecule has 3 unspecified atom stereocenters. The first-order chi connectivity index (χ1) is 8.60. The minimum absolute atomic E-state index is 0.320. The molecule has 0 rings (SSSR count). The van der Waals surface area contributed by atoms with Crippen molar-refractivity contribution in [3.63, 3.8) is 0 Å². The van der Waals surface area contributed by atoms with Gasteiger partial charge in [0.25, 0.3) is 0 Å². The molecule has 0 aromatic rings. The first-order valence-corrected chi connectivity index (χ1v) is 7.62. The van der Waals surface area contributed by atoms with Crippen molar-refractivity contribution in [3.8, 4) is 0 Å². The average Bonchev–Trinajstić information content (AvgIpc) is 2.34. The van der Waals surface area contributed by atoms with Crippen LogP contribution in [0.15, 0.2) is 0 Å². The third kappa shape index (κ3) is 6.75. The summed E-state index contributed by atoms with van der Waals surface area (Å²) < 4.78 is 11.1. The van der Waals surface area contributed by atoms with Gasteiger partial charge in [-0.25, -0.2) is 0 Å². The molecule has 0 saturated carbocycles. The highest BCUT2D eigenvalue weighted by atomic mass is 16.5. The maximum atomic E-state index is 5.70. The summed E-state index contributed by atoms with van der Waals surface area (Å²) in [5.74, 6) is 1.90.